The molecule has 0 radical (unpaired) electrons. The number of benzene rings is 1. The largest absolute Gasteiger partial charge is 0.352 e. The number of guanidine groups is 1. The highest BCUT2D eigenvalue weighted by atomic mass is 127. The number of hydrogen-bond donors (Lipinski definition) is 2. The Kier molecular flexibility index (Phi) is 7.81. The fraction of sp³-hybridized carbons (Fsp3) is 0.375. The fourth-order valence-corrected chi connectivity index (χ4v) is 2.84. The Hall–Kier alpha value is -1.15. The van der Waals surface area contributed by atoms with Gasteiger partial charge in [-0.2, -0.15) is 0 Å². The van der Waals surface area contributed by atoms with Crippen molar-refractivity contribution in [2.24, 2.45) is 4.99 Å². The molecule has 6 heteroatoms. The Morgan fingerprint density at radius 2 is 1.91 bits per heavy atom. The summed E-state index contributed by atoms with van der Waals surface area (Å²) in [4.78, 5) is 9.71. The van der Waals surface area contributed by atoms with Gasteiger partial charge in [0, 0.05) is 24.7 Å². The van der Waals surface area contributed by atoms with Gasteiger partial charge in [-0.1, -0.05) is 23.8 Å². The molecule has 1 heterocycles. The van der Waals surface area contributed by atoms with Crippen LogP contribution in [0.4, 0.5) is 0 Å². The molecule has 1 aromatic heterocycles. The average Bonchev–Trinajstić information content (AvgIpc) is 2.86. The second-order valence-electron chi connectivity index (χ2n) is 5.05. The molecule has 0 unspecified atom stereocenters. The van der Waals surface area contributed by atoms with E-state index >= 15 is 0 Å². The Bertz CT molecular complexity index is 637. The van der Waals surface area contributed by atoms with E-state index in [0.29, 0.717) is 0 Å². The van der Waals surface area contributed by atoms with Crippen LogP contribution in [0.3, 0.4) is 0 Å². The highest BCUT2D eigenvalue weighted by molar-refractivity contribution is 14.0. The van der Waals surface area contributed by atoms with Crippen molar-refractivity contribution in [2.75, 3.05) is 7.05 Å². The topological polar surface area (TPSA) is 49.3 Å². The first kappa shape index (κ1) is 18.9. The zero-order valence-electron chi connectivity index (χ0n) is 13.4. The maximum absolute atomic E-state index is 4.25. The summed E-state index contributed by atoms with van der Waals surface area (Å²) in [7, 11) is 1.79. The SMILES string of the molecule is CN=C(NCc1cnc(C)s1)NCc1ccc(C)cc1C.I. The van der Waals surface area contributed by atoms with E-state index in [2.05, 4.69) is 52.7 Å². The first-order valence-electron chi connectivity index (χ1n) is 7.00. The zero-order chi connectivity index (χ0) is 15.2. The highest BCUT2D eigenvalue weighted by Gasteiger charge is 2.03. The lowest BCUT2D eigenvalue weighted by Crippen LogP contribution is -2.36. The maximum Gasteiger partial charge on any atom is 0.191 e. The molecule has 4 nitrogen and oxygen atoms in total. The molecule has 0 saturated carbocycles. The minimum Gasteiger partial charge on any atom is -0.352 e. The third kappa shape index (κ3) is 5.57. The van der Waals surface area contributed by atoms with Crippen LogP contribution in [0.5, 0.6) is 0 Å². The molecule has 0 aliphatic rings. The Balaban J connectivity index is 0.00000242. The monoisotopic (exact) mass is 430 g/mol. The minimum absolute atomic E-state index is 0. The lowest BCUT2D eigenvalue weighted by molar-refractivity contribution is 0.811. The third-order valence-corrected chi connectivity index (χ3v) is 4.18. The van der Waals surface area contributed by atoms with Gasteiger partial charge in [-0.15, -0.1) is 35.3 Å². The highest BCUT2D eigenvalue weighted by Crippen LogP contribution is 2.11. The Labute approximate surface area is 153 Å². The van der Waals surface area contributed by atoms with Crippen LogP contribution in [0.2, 0.25) is 0 Å². The molecular formula is C16H23IN4S. The summed E-state index contributed by atoms with van der Waals surface area (Å²) >= 11 is 1.70. The van der Waals surface area contributed by atoms with Gasteiger partial charge in [-0.25, -0.2) is 4.98 Å². The second kappa shape index (κ2) is 9.09. The molecule has 0 aliphatic heterocycles. The number of rotatable bonds is 4. The standard InChI is InChI=1S/C16H22N4S.HI/c1-11-5-6-14(12(2)7-11)8-19-16(17-4)20-10-15-9-18-13(3)21-15;/h5-7,9H,8,10H2,1-4H3,(H2,17,19,20);1H. The van der Waals surface area contributed by atoms with E-state index in [0.717, 1.165) is 24.1 Å². The predicted octanol–water partition coefficient (Wildman–Crippen LogP) is 3.55. The van der Waals surface area contributed by atoms with Gasteiger partial charge in [-0.05, 0) is 31.9 Å². The number of hydrogen-bond acceptors (Lipinski definition) is 3. The molecule has 0 aliphatic carbocycles. The quantitative estimate of drug-likeness (QED) is 0.443. The van der Waals surface area contributed by atoms with Crippen molar-refractivity contribution < 1.29 is 0 Å². The van der Waals surface area contributed by atoms with Gasteiger partial charge in [0.2, 0.25) is 0 Å². The van der Waals surface area contributed by atoms with Crippen molar-refractivity contribution in [3.8, 4) is 0 Å². The molecular weight excluding hydrogens is 407 g/mol. The molecule has 2 rings (SSSR count). The number of nitrogens with zero attached hydrogens (tertiary/aromatic N) is 2. The third-order valence-electron chi connectivity index (χ3n) is 3.27. The number of aryl methyl sites for hydroxylation is 3. The average molecular weight is 430 g/mol. The van der Waals surface area contributed by atoms with Gasteiger partial charge in [0.15, 0.2) is 5.96 Å². The summed E-state index contributed by atoms with van der Waals surface area (Å²) in [6.45, 7) is 7.79. The molecule has 0 bridgehead atoms. The van der Waals surface area contributed by atoms with Gasteiger partial charge >= 0.3 is 0 Å². The van der Waals surface area contributed by atoms with Crippen molar-refractivity contribution in [3.05, 3.63) is 51.0 Å². The fourth-order valence-electron chi connectivity index (χ4n) is 2.10. The van der Waals surface area contributed by atoms with Gasteiger partial charge in [0.25, 0.3) is 0 Å². The van der Waals surface area contributed by atoms with E-state index in [-0.39, 0.29) is 24.0 Å². The molecule has 0 saturated heterocycles. The first-order valence-corrected chi connectivity index (χ1v) is 7.82. The van der Waals surface area contributed by atoms with Crippen LogP contribution in [0, 0.1) is 20.8 Å². The first-order chi connectivity index (χ1) is 10.1. The summed E-state index contributed by atoms with van der Waals surface area (Å²) in [6, 6.07) is 6.51. The van der Waals surface area contributed by atoms with Crippen LogP contribution >= 0.6 is 35.3 Å². The number of halogens is 1. The van der Waals surface area contributed by atoms with Crippen LogP contribution < -0.4 is 10.6 Å². The van der Waals surface area contributed by atoms with Crippen molar-refractivity contribution >= 4 is 41.3 Å². The van der Waals surface area contributed by atoms with E-state index in [1.54, 1.807) is 18.4 Å². The smallest absolute Gasteiger partial charge is 0.191 e. The molecule has 0 atom stereocenters. The van der Waals surface area contributed by atoms with Gasteiger partial charge in [0.05, 0.1) is 11.6 Å². The van der Waals surface area contributed by atoms with E-state index in [1.165, 1.54) is 21.6 Å². The van der Waals surface area contributed by atoms with Gasteiger partial charge < -0.3 is 10.6 Å². The van der Waals surface area contributed by atoms with Gasteiger partial charge in [-0.3, -0.25) is 4.99 Å². The summed E-state index contributed by atoms with van der Waals surface area (Å²) in [6.07, 6.45) is 1.91. The van der Waals surface area contributed by atoms with Crippen molar-refractivity contribution in [1.82, 2.24) is 15.6 Å². The minimum atomic E-state index is 0. The Morgan fingerprint density at radius 3 is 2.50 bits per heavy atom. The van der Waals surface area contributed by atoms with E-state index in [4.69, 9.17) is 0 Å². The van der Waals surface area contributed by atoms with Crippen molar-refractivity contribution in [1.29, 1.82) is 0 Å². The molecule has 22 heavy (non-hydrogen) atoms. The second-order valence-corrected chi connectivity index (χ2v) is 6.37. The van der Waals surface area contributed by atoms with Crippen molar-refractivity contribution in [2.45, 2.75) is 33.9 Å². The van der Waals surface area contributed by atoms with E-state index in [1.807, 2.05) is 13.1 Å². The molecule has 0 spiro atoms. The molecule has 0 fully saturated rings. The normalized spacial score (nSPS) is 11.0. The molecule has 0 amide bonds. The summed E-state index contributed by atoms with van der Waals surface area (Å²) < 4.78 is 0. The zero-order valence-corrected chi connectivity index (χ0v) is 16.6. The van der Waals surface area contributed by atoms with E-state index < -0.39 is 0 Å². The Morgan fingerprint density at radius 1 is 1.18 bits per heavy atom. The number of nitrogens with one attached hydrogen (secondary N) is 2. The molecule has 120 valence electrons. The number of aliphatic imine (C=N–C) groups is 1. The summed E-state index contributed by atoms with van der Waals surface area (Å²) in [5, 5.41) is 7.74. The van der Waals surface area contributed by atoms with Gasteiger partial charge in [0.1, 0.15) is 0 Å². The van der Waals surface area contributed by atoms with Crippen LogP contribution in [0.25, 0.3) is 0 Å². The van der Waals surface area contributed by atoms with Crippen LogP contribution in [0.15, 0.2) is 29.4 Å². The lowest BCUT2D eigenvalue weighted by Gasteiger charge is -2.13. The molecule has 2 aromatic rings. The molecule has 2 N–H and O–H groups in total. The van der Waals surface area contributed by atoms with E-state index in [9.17, 15) is 0 Å². The lowest BCUT2D eigenvalue weighted by atomic mass is 10.1. The van der Waals surface area contributed by atoms with Crippen LogP contribution in [-0.4, -0.2) is 18.0 Å². The molecule has 1 aromatic carbocycles. The maximum atomic E-state index is 4.25. The number of aromatic nitrogens is 1. The van der Waals surface area contributed by atoms with Crippen LogP contribution in [-0.2, 0) is 13.1 Å². The van der Waals surface area contributed by atoms with Crippen molar-refractivity contribution in [3.63, 3.8) is 0 Å². The summed E-state index contributed by atoms with van der Waals surface area (Å²) in [5.41, 5.74) is 3.88. The summed E-state index contributed by atoms with van der Waals surface area (Å²) in [5.74, 6) is 0.807. The number of thiazole rings is 1. The predicted molar refractivity (Wildman–Crippen MR) is 105 cm³/mol. The van der Waals surface area contributed by atoms with Crippen LogP contribution in [0.1, 0.15) is 26.6 Å².